The van der Waals surface area contributed by atoms with E-state index in [0.29, 0.717) is 17.0 Å². The summed E-state index contributed by atoms with van der Waals surface area (Å²) in [5.74, 6) is 0.652. The Morgan fingerprint density at radius 2 is 1.89 bits per heavy atom. The largest absolute Gasteiger partial charge is 0.497 e. The predicted octanol–water partition coefficient (Wildman–Crippen LogP) is 3.16. The molecule has 0 amide bonds. The molecule has 4 heteroatoms. The molecule has 19 heavy (non-hydrogen) atoms. The van der Waals surface area contributed by atoms with Crippen molar-refractivity contribution < 1.29 is 9.94 Å². The highest BCUT2D eigenvalue weighted by Crippen LogP contribution is 2.26. The highest BCUT2D eigenvalue weighted by molar-refractivity contribution is 5.48. The van der Waals surface area contributed by atoms with Gasteiger partial charge in [-0.25, -0.2) is 5.06 Å². The molecule has 1 unspecified atom stereocenters. The molecule has 0 spiro atoms. The second kappa shape index (κ2) is 5.89. The van der Waals surface area contributed by atoms with Gasteiger partial charge >= 0.3 is 0 Å². The van der Waals surface area contributed by atoms with Crippen LogP contribution < -0.4 is 9.80 Å². The second-order valence-electron chi connectivity index (χ2n) is 3.99. The van der Waals surface area contributed by atoms with E-state index in [1.807, 2.05) is 6.07 Å². The maximum absolute atomic E-state index is 10.2. The Hall–Kier alpha value is -2.51. The molecule has 0 saturated heterocycles. The van der Waals surface area contributed by atoms with Crippen molar-refractivity contribution in [2.24, 2.45) is 0 Å². The number of ether oxygens (including phenoxy) is 1. The fraction of sp³-hybridized carbons (Fsp3) is 0.133. The maximum atomic E-state index is 10.2. The lowest BCUT2D eigenvalue weighted by Crippen LogP contribution is -2.23. The van der Waals surface area contributed by atoms with Gasteiger partial charge in [0.05, 0.1) is 18.9 Å². The third-order valence-electron chi connectivity index (χ3n) is 2.80. The molecule has 0 fully saturated rings. The number of hydrogen-bond donors (Lipinski definition) is 1. The molecule has 0 radical (unpaired) electrons. The third-order valence-corrected chi connectivity index (χ3v) is 2.80. The lowest BCUT2D eigenvalue weighted by atomic mass is 10.1. The Morgan fingerprint density at radius 1 is 1.16 bits per heavy atom. The van der Waals surface area contributed by atoms with E-state index in [1.54, 1.807) is 55.6 Å². The van der Waals surface area contributed by atoms with Crippen LogP contribution in [0.4, 0.5) is 5.69 Å². The first kappa shape index (κ1) is 12.9. The van der Waals surface area contributed by atoms with E-state index in [-0.39, 0.29) is 0 Å². The lowest BCUT2D eigenvalue weighted by Gasteiger charge is -2.22. The van der Waals surface area contributed by atoms with Gasteiger partial charge in [0.15, 0.2) is 6.04 Å². The zero-order valence-corrected chi connectivity index (χ0v) is 10.5. The number of anilines is 1. The average molecular weight is 254 g/mol. The first-order chi connectivity index (χ1) is 9.26. The van der Waals surface area contributed by atoms with E-state index in [4.69, 9.17) is 4.74 Å². The standard InChI is InChI=1S/C15H14N2O2/c1-19-14-9-5-6-12(10-14)15(11-16)17(18)13-7-3-2-4-8-13/h2-10,15,18H,1H3. The van der Waals surface area contributed by atoms with Gasteiger partial charge in [-0.2, -0.15) is 5.26 Å². The minimum absolute atomic E-state index is 0.567. The Bertz CT molecular complexity index is 578. The molecule has 1 atom stereocenters. The van der Waals surface area contributed by atoms with Gasteiger partial charge < -0.3 is 4.74 Å². The number of benzene rings is 2. The summed E-state index contributed by atoms with van der Waals surface area (Å²) in [5, 5.41) is 20.4. The van der Waals surface area contributed by atoms with Gasteiger partial charge in [-0.05, 0) is 29.8 Å². The Kier molecular flexibility index (Phi) is 4.01. The SMILES string of the molecule is COc1cccc(C(C#N)N(O)c2ccccc2)c1. The first-order valence-electron chi connectivity index (χ1n) is 5.83. The van der Waals surface area contributed by atoms with Crippen LogP contribution in [0.2, 0.25) is 0 Å². The van der Waals surface area contributed by atoms with Crippen molar-refractivity contribution in [3.05, 3.63) is 60.2 Å². The molecule has 96 valence electrons. The number of hydroxylamine groups is 1. The van der Waals surface area contributed by atoms with Crippen LogP contribution in [-0.4, -0.2) is 12.3 Å². The molecule has 2 aromatic carbocycles. The molecule has 4 nitrogen and oxygen atoms in total. The molecule has 0 bridgehead atoms. The van der Waals surface area contributed by atoms with Crippen LogP contribution in [0.1, 0.15) is 11.6 Å². The summed E-state index contributed by atoms with van der Waals surface area (Å²) >= 11 is 0. The molecule has 0 aliphatic carbocycles. The van der Waals surface area contributed by atoms with E-state index in [1.165, 1.54) is 0 Å². The minimum Gasteiger partial charge on any atom is -0.497 e. The van der Waals surface area contributed by atoms with E-state index in [9.17, 15) is 10.5 Å². The average Bonchev–Trinajstić information content (AvgIpc) is 2.49. The highest BCUT2D eigenvalue weighted by Gasteiger charge is 2.19. The maximum Gasteiger partial charge on any atom is 0.167 e. The van der Waals surface area contributed by atoms with Crippen LogP contribution in [-0.2, 0) is 0 Å². The van der Waals surface area contributed by atoms with Crippen LogP contribution in [0, 0.1) is 11.3 Å². The summed E-state index contributed by atoms with van der Waals surface area (Å²) in [5.41, 5.74) is 1.24. The summed E-state index contributed by atoms with van der Waals surface area (Å²) in [7, 11) is 1.56. The number of hydrogen-bond acceptors (Lipinski definition) is 4. The van der Waals surface area contributed by atoms with Crippen LogP contribution in [0.5, 0.6) is 5.75 Å². The summed E-state index contributed by atoms with van der Waals surface area (Å²) in [6.45, 7) is 0. The molecular formula is C15H14N2O2. The van der Waals surface area contributed by atoms with Gasteiger partial charge in [-0.15, -0.1) is 0 Å². The molecule has 0 aliphatic heterocycles. The second-order valence-corrected chi connectivity index (χ2v) is 3.99. The van der Waals surface area contributed by atoms with Gasteiger partial charge in [0, 0.05) is 0 Å². The molecule has 0 saturated carbocycles. The van der Waals surface area contributed by atoms with Gasteiger partial charge in [-0.3, -0.25) is 5.21 Å². The van der Waals surface area contributed by atoms with Crippen molar-refractivity contribution in [3.8, 4) is 11.8 Å². The van der Waals surface area contributed by atoms with Crippen LogP contribution in [0.15, 0.2) is 54.6 Å². The van der Waals surface area contributed by atoms with E-state index in [2.05, 4.69) is 6.07 Å². The Morgan fingerprint density at radius 3 is 2.53 bits per heavy atom. The lowest BCUT2D eigenvalue weighted by molar-refractivity contribution is 0.236. The Labute approximate surface area is 112 Å². The zero-order valence-electron chi connectivity index (χ0n) is 10.5. The highest BCUT2D eigenvalue weighted by atomic mass is 16.5. The van der Waals surface area contributed by atoms with Crippen LogP contribution in [0.25, 0.3) is 0 Å². The molecule has 2 rings (SSSR count). The third kappa shape index (κ3) is 2.84. The van der Waals surface area contributed by atoms with Crippen molar-refractivity contribution in [2.75, 3.05) is 12.2 Å². The monoisotopic (exact) mass is 254 g/mol. The van der Waals surface area contributed by atoms with Gasteiger partial charge in [0.25, 0.3) is 0 Å². The number of para-hydroxylation sites is 1. The topological polar surface area (TPSA) is 56.5 Å². The van der Waals surface area contributed by atoms with Crippen molar-refractivity contribution in [3.63, 3.8) is 0 Å². The minimum atomic E-state index is -0.780. The van der Waals surface area contributed by atoms with Crippen molar-refractivity contribution in [1.82, 2.24) is 0 Å². The summed E-state index contributed by atoms with van der Waals surface area (Å²) in [4.78, 5) is 0. The van der Waals surface area contributed by atoms with Gasteiger partial charge in [-0.1, -0.05) is 30.3 Å². The molecule has 2 aromatic rings. The van der Waals surface area contributed by atoms with Crippen LogP contribution >= 0.6 is 0 Å². The van der Waals surface area contributed by atoms with E-state index < -0.39 is 6.04 Å². The molecule has 0 aromatic heterocycles. The number of methoxy groups -OCH3 is 1. The van der Waals surface area contributed by atoms with Crippen LogP contribution in [0.3, 0.4) is 0 Å². The fourth-order valence-corrected chi connectivity index (χ4v) is 1.81. The predicted molar refractivity (Wildman–Crippen MR) is 72.1 cm³/mol. The smallest absolute Gasteiger partial charge is 0.167 e. The normalized spacial score (nSPS) is 11.4. The van der Waals surface area contributed by atoms with Crippen molar-refractivity contribution in [2.45, 2.75) is 6.04 Å². The van der Waals surface area contributed by atoms with Gasteiger partial charge in [0.2, 0.25) is 0 Å². The van der Waals surface area contributed by atoms with E-state index in [0.717, 1.165) is 5.06 Å². The fourth-order valence-electron chi connectivity index (χ4n) is 1.81. The Balaban J connectivity index is 2.32. The van der Waals surface area contributed by atoms with Gasteiger partial charge in [0.1, 0.15) is 5.75 Å². The summed E-state index contributed by atoms with van der Waals surface area (Å²) in [6, 6.07) is 17.3. The quantitative estimate of drug-likeness (QED) is 0.851. The molecule has 1 N–H and O–H groups in total. The van der Waals surface area contributed by atoms with Crippen molar-refractivity contribution in [1.29, 1.82) is 5.26 Å². The number of rotatable bonds is 4. The van der Waals surface area contributed by atoms with E-state index >= 15 is 0 Å². The van der Waals surface area contributed by atoms with Crippen molar-refractivity contribution >= 4 is 5.69 Å². The summed E-state index contributed by atoms with van der Waals surface area (Å²) in [6.07, 6.45) is 0. The molecule has 0 heterocycles. The summed E-state index contributed by atoms with van der Waals surface area (Å²) < 4.78 is 5.13. The number of nitriles is 1. The molecule has 0 aliphatic rings. The first-order valence-corrected chi connectivity index (χ1v) is 5.83. The zero-order chi connectivity index (χ0) is 13.7. The number of nitrogens with zero attached hydrogens (tertiary/aromatic N) is 2. The molecular weight excluding hydrogens is 240 g/mol.